The number of aromatic nitrogens is 3. The number of carbonyl (C=O) groups excluding carboxylic acids is 1. The van der Waals surface area contributed by atoms with Gasteiger partial charge in [0.1, 0.15) is 0 Å². The van der Waals surface area contributed by atoms with Crippen LogP contribution in [0, 0.1) is 5.41 Å². The molecule has 7 heteroatoms. The smallest absolute Gasteiger partial charge is 0.291 e. The van der Waals surface area contributed by atoms with Gasteiger partial charge >= 0.3 is 0 Å². The summed E-state index contributed by atoms with van der Waals surface area (Å²) in [4.78, 5) is 17.4. The monoisotopic (exact) mass is 411 g/mol. The van der Waals surface area contributed by atoms with Crippen LogP contribution in [0.25, 0.3) is 17.1 Å². The second-order valence-electron chi connectivity index (χ2n) is 7.62. The summed E-state index contributed by atoms with van der Waals surface area (Å²) in [5.74, 6) is 0.622. The normalized spacial score (nSPS) is 15.3. The van der Waals surface area contributed by atoms with E-state index in [1.807, 2.05) is 60.7 Å². The lowest BCUT2D eigenvalue weighted by Gasteiger charge is -2.33. The van der Waals surface area contributed by atoms with Gasteiger partial charge in [0.15, 0.2) is 5.82 Å². The Labute approximate surface area is 177 Å². The van der Waals surface area contributed by atoms with E-state index in [2.05, 4.69) is 27.6 Å². The van der Waals surface area contributed by atoms with Crippen LogP contribution in [0.5, 0.6) is 0 Å². The van der Waals surface area contributed by atoms with Gasteiger partial charge in [-0.25, -0.2) is 9.67 Å². The number of carbonyl (C=O) groups is 1. The van der Waals surface area contributed by atoms with Crippen molar-refractivity contribution < 1.29 is 4.79 Å². The van der Waals surface area contributed by atoms with Crippen molar-refractivity contribution in [2.24, 2.45) is 5.41 Å². The summed E-state index contributed by atoms with van der Waals surface area (Å²) in [5.41, 5.74) is 1.91. The molecule has 2 heterocycles. The van der Waals surface area contributed by atoms with Crippen molar-refractivity contribution in [2.75, 3.05) is 19.6 Å². The van der Waals surface area contributed by atoms with Gasteiger partial charge in [-0.1, -0.05) is 55.5 Å². The third-order valence-electron chi connectivity index (χ3n) is 5.33. The molecule has 1 saturated heterocycles. The molecule has 29 heavy (non-hydrogen) atoms. The first kappa shape index (κ1) is 21.0. The average Bonchev–Trinajstić information content (AvgIpc) is 3.20. The lowest BCUT2D eigenvalue weighted by Crippen LogP contribution is -2.43. The first-order valence-electron chi connectivity index (χ1n) is 9.71. The van der Waals surface area contributed by atoms with Gasteiger partial charge in [0, 0.05) is 12.1 Å². The van der Waals surface area contributed by atoms with E-state index in [1.54, 1.807) is 4.68 Å². The fourth-order valence-corrected chi connectivity index (χ4v) is 3.51. The fourth-order valence-electron chi connectivity index (χ4n) is 3.51. The zero-order chi connectivity index (χ0) is 19.4. The minimum Gasteiger partial charge on any atom is -0.349 e. The maximum atomic E-state index is 12.8. The third-order valence-corrected chi connectivity index (χ3v) is 5.33. The molecule has 2 aromatic carbocycles. The van der Waals surface area contributed by atoms with Crippen LogP contribution >= 0.6 is 12.4 Å². The Hall–Kier alpha value is -2.70. The van der Waals surface area contributed by atoms with E-state index in [1.165, 1.54) is 0 Å². The number of nitrogens with one attached hydrogen (secondary N) is 2. The van der Waals surface area contributed by atoms with Crippen LogP contribution in [0.3, 0.4) is 0 Å². The lowest BCUT2D eigenvalue weighted by molar-refractivity contribution is 0.0912. The Morgan fingerprint density at radius 1 is 1.07 bits per heavy atom. The number of halogens is 1. The zero-order valence-corrected chi connectivity index (χ0v) is 17.3. The van der Waals surface area contributed by atoms with Crippen molar-refractivity contribution in [3.8, 4) is 17.1 Å². The molecule has 0 atom stereocenters. The van der Waals surface area contributed by atoms with Gasteiger partial charge in [0.05, 0.1) is 5.69 Å². The second kappa shape index (κ2) is 9.20. The molecule has 1 amide bonds. The summed E-state index contributed by atoms with van der Waals surface area (Å²) in [6.45, 7) is 4.84. The summed E-state index contributed by atoms with van der Waals surface area (Å²) in [5, 5.41) is 10.9. The molecule has 4 rings (SSSR count). The Morgan fingerprint density at radius 2 is 1.69 bits per heavy atom. The number of para-hydroxylation sites is 1. The molecular weight excluding hydrogens is 386 g/mol. The lowest BCUT2D eigenvalue weighted by atomic mass is 9.81. The molecule has 2 N–H and O–H groups in total. The van der Waals surface area contributed by atoms with Crippen LogP contribution < -0.4 is 10.6 Å². The van der Waals surface area contributed by atoms with Crippen LogP contribution in [0.15, 0.2) is 60.7 Å². The number of nitrogens with zero attached hydrogens (tertiary/aromatic N) is 3. The molecule has 0 bridgehead atoms. The Kier molecular flexibility index (Phi) is 6.67. The summed E-state index contributed by atoms with van der Waals surface area (Å²) in [6.07, 6.45) is 2.10. The van der Waals surface area contributed by atoms with E-state index in [4.69, 9.17) is 0 Å². The van der Waals surface area contributed by atoms with Crippen molar-refractivity contribution in [1.29, 1.82) is 0 Å². The highest BCUT2D eigenvalue weighted by Gasteiger charge is 2.28. The number of amides is 1. The van der Waals surface area contributed by atoms with Gasteiger partial charge in [0.25, 0.3) is 5.91 Å². The SMILES string of the molecule is CC1(CNC(=O)c2nc(-c3ccccc3)n(-c3ccccc3)n2)CCNCC1.Cl. The van der Waals surface area contributed by atoms with Gasteiger partial charge in [-0.2, -0.15) is 0 Å². The zero-order valence-electron chi connectivity index (χ0n) is 16.5. The maximum absolute atomic E-state index is 12.8. The molecule has 1 fully saturated rings. The van der Waals surface area contributed by atoms with Gasteiger partial charge in [-0.15, -0.1) is 17.5 Å². The van der Waals surface area contributed by atoms with Gasteiger partial charge in [0.2, 0.25) is 5.82 Å². The summed E-state index contributed by atoms with van der Waals surface area (Å²) in [6, 6.07) is 19.6. The Bertz CT molecular complexity index is 879. The molecule has 0 radical (unpaired) electrons. The van der Waals surface area contributed by atoms with Crippen LogP contribution in [0.1, 0.15) is 30.4 Å². The molecule has 0 unspecified atom stereocenters. The average molecular weight is 412 g/mol. The molecule has 1 aliphatic heterocycles. The quantitative estimate of drug-likeness (QED) is 0.674. The predicted octanol–water partition coefficient (Wildman–Crippen LogP) is 3.48. The number of benzene rings is 2. The van der Waals surface area contributed by atoms with Crippen molar-refractivity contribution in [3.05, 3.63) is 66.5 Å². The first-order chi connectivity index (χ1) is 13.6. The minimum atomic E-state index is -0.230. The summed E-state index contributed by atoms with van der Waals surface area (Å²) < 4.78 is 1.73. The van der Waals surface area contributed by atoms with E-state index in [-0.39, 0.29) is 29.6 Å². The van der Waals surface area contributed by atoms with Crippen LogP contribution in [0.2, 0.25) is 0 Å². The third kappa shape index (κ3) is 4.83. The van der Waals surface area contributed by atoms with Gasteiger partial charge in [-0.05, 0) is 43.5 Å². The summed E-state index contributed by atoms with van der Waals surface area (Å²) in [7, 11) is 0. The van der Waals surface area contributed by atoms with Crippen molar-refractivity contribution in [2.45, 2.75) is 19.8 Å². The van der Waals surface area contributed by atoms with E-state index >= 15 is 0 Å². The molecule has 0 aliphatic carbocycles. The summed E-state index contributed by atoms with van der Waals surface area (Å²) >= 11 is 0. The number of rotatable bonds is 5. The highest BCUT2D eigenvalue weighted by molar-refractivity contribution is 5.91. The van der Waals surface area contributed by atoms with Crippen LogP contribution in [0.4, 0.5) is 0 Å². The van der Waals surface area contributed by atoms with E-state index in [0.29, 0.717) is 12.4 Å². The number of hydrogen-bond donors (Lipinski definition) is 2. The van der Waals surface area contributed by atoms with Crippen LogP contribution in [-0.4, -0.2) is 40.3 Å². The van der Waals surface area contributed by atoms with Crippen molar-refractivity contribution in [3.63, 3.8) is 0 Å². The first-order valence-corrected chi connectivity index (χ1v) is 9.71. The number of piperidine rings is 1. The highest BCUT2D eigenvalue weighted by atomic mass is 35.5. The molecule has 152 valence electrons. The van der Waals surface area contributed by atoms with E-state index in [9.17, 15) is 4.79 Å². The van der Waals surface area contributed by atoms with Gasteiger partial charge < -0.3 is 10.6 Å². The maximum Gasteiger partial charge on any atom is 0.291 e. The Balaban J connectivity index is 0.00000240. The Morgan fingerprint density at radius 3 is 2.34 bits per heavy atom. The number of hydrogen-bond acceptors (Lipinski definition) is 4. The van der Waals surface area contributed by atoms with Gasteiger partial charge in [-0.3, -0.25) is 4.79 Å². The topological polar surface area (TPSA) is 71.8 Å². The van der Waals surface area contributed by atoms with Crippen LogP contribution in [-0.2, 0) is 0 Å². The van der Waals surface area contributed by atoms with Crippen molar-refractivity contribution in [1.82, 2.24) is 25.4 Å². The molecule has 1 aliphatic rings. The van der Waals surface area contributed by atoms with Crippen molar-refractivity contribution >= 4 is 18.3 Å². The molecule has 1 aromatic heterocycles. The molecule has 0 saturated carbocycles. The molecule has 3 aromatic rings. The standard InChI is InChI=1S/C22H25N5O.ClH/c1-22(12-14-23-15-13-22)16-24-21(28)19-25-20(17-8-4-2-5-9-17)27(26-19)18-10-6-3-7-11-18;/h2-11,23H,12-16H2,1H3,(H,24,28);1H. The predicted molar refractivity (Wildman–Crippen MR) is 117 cm³/mol. The molecule has 6 nitrogen and oxygen atoms in total. The molecule has 0 spiro atoms. The highest BCUT2D eigenvalue weighted by Crippen LogP contribution is 2.27. The minimum absolute atomic E-state index is 0. The molecular formula is C22H26ClN5O. The second-order valence-corrected chi connectivity index (χ2v) is 7.62. The fraction of sp³-hybridized carbons (Fsp3) is 0.318. The van der Waals surface area contributed by atoms with E-state index in [0.717, 1.165) is 37.2 Å². The largest absolute Gasteiger partial charge is 0.349 e. The van der Waals surface area contributed by atoms with E-state index < -0.39 is 0 Å².